The summed E-state index contributed by atoms with van der Waals surface area (Å²) in [5, 5.41) is 8.94. The second-order valence-corrected chi connectivity index (χ2v) is 22.0. The van der Waals surface area contributed by atoms with Crippen molar-refractivity contribution in [3.8, 4) is 0 Å². The summed E-state index contributed by atoms with van der Waals surface area (Å²) in [6, 6.07) is -1.47. The fraction of sp³-hybridized carbons (Fsp3) is 0.965. The van der Waals surface area contributed by atoms with E-state index in [0.29, 0.717) is 6.61 Å². The van der Waals surface area contributed by atoms with Crippen LogP contribution in [0.3, 0.4) is 0 Å². The second kappa shape index (κ2) is 53.8. The molecule has 406 valence electrons. The summed E-state index contributed by atoms with van der Waals surface area (Å²) < 4.78 is 33.6. The number of carbonyl (C=O) groups excluding carboxylic acids is 1. The summed E-state index contributed by atoms with van der Waals surface area (Å²) in [7, 11) is -4.62. The fourth-order valence-corrected chi connectivity index (χ4v) is 9.86. The Hall–Kier alpha value is -1.03. The van der Waals surface area contributed by atoms with Crippen molar-refractivity contribution in [1.29, 1.82) is 0 Å². The molecule has 1 unspecified atom stereocenters. The van der Waals surface area contributed by atoms with Gasteiger partial charge in [0.15, 0.2) is 0 Å². The summed E-state index contributed by atoms with van der Waals surface area (Å²) in [4.78, 5) is 33.7. The van der Waals surface area contributed by atoms with E-state index in [-0.39, 0.29) is 13.0 Å². The number of phosphoric ester groups is 1. The summed E-state index contributed by atoms with van der Waals surface area (Å²) in [6.45, 7) is 3.97. The van der Waals surface area contributed by atoms with Crippen molar-refractivity contribution in [2.24, 2.45) is 5.73 Å². The highest BCUT2D eigenvalue weighted by atomic mass is 31.2. The van der Waals surface area contributed by atoms with E-state index in [0.717, 1.165) is 38.5 Å². The van der Waals surface area contributed by atoms with Crippen molar-refractivity contribution in [3.63, 3.8) is 0 Å². The molecule has 0 aliphatic heterocycles. The normalized spacial score (nSPS) is 13.5. The molecule has 0 radical (unpaired) electrons. The second-order valence-electron chi connectivity index (χ2n) is 20.5. The Labute approximate surface area is 420 Å². The van der Waals surface area contributed by atoms with Crippen molar-refractivity contribution in [1.82, 2.24) is 0 Å². The summed E-state index contributed by atoms with van der Waals surface area (Å²) in [6.07, 6.45) is 60.6. The highest BCUT2D eigenvalue weighted by molar-refractivity contribution is 7.47. The first-order valence-corrected chi connectivity index (χ1v) is 31.1. The summed E-state index contributed by atoms with van der Waals surface area (Å²) in [5.74, 6) is -1.76. The van der Waals surface area contributed by atoms with Crippen LogP contribution in [0.4, 0.5) is 0 Å². The molecular weight excluding hydrogens is 874 g/mol. The van der Waals surface area contributed by atoms with Gasteiger partial charge in [-0.15, -0.1) is 0 Å². The zero-order valence-corrected chi connectivity index (χ0v) is 45.9. The van der Waals surface area contributed by atoms with Gasteiger partial charge in [0.25, 0.3) is 0 Å². The average Bonchev–Trinajstić information content (AvgIpc) is 3.32. The van der Waals surface area contributed by atoms with Gasteiger partial charge in [-0.3, -0.25) is 18.6 Å². The van der Waals surface area contributed by atoms with Crippen LogP contribution >= 0.6 is 7.82 Å². The Balaban J connectivity index is 3.86. The molecule has 0 aliphatic carbocycles. The molecule has 4 N–H and O–H groups in total. The van der Waals surface area contributed by atoms with Crippen LogP contribution in [-0.2, 0) is 32.7 Å². The molecule has 0 rings (SSSR count). The van der Waals surface area contributed by atoms with Crippen LogP contribution < -0.4 is 5.73 Å². The van der Waals surface area contributed by atoms with E-state index in [4.69, 9.17) is 29.4 Å². The first kappa shape index (κ1) is 67.0. The number of nitrogens with two attached hydrogens (primary N) is 1. The van der Waals surface area contributed by atoms with Gasteiger partial charge in [0.05, 0.1) is 19.8 Å². The van der Waals surface area contributed by atoms with Crippen LogP contribution in [0.25, 0.3) is 0 Å². The lowest BCUT2D eigenvalue weighted by molar-refractivity contribution is -0.154. The van der Waals surface area contributed by atoms with E-state index in [1.807, 2.05) is 0 Å². The molecule has 0 fully saturated rings. The van der Waals surface area contributed by atoms with E-state index in [1.54, 1.807) is 0 Å². The molecule has 11 heteroatoms. The third kappa shape index (κ3) is 52.8. The molecule has 0 saturated carbocycles. The molecule has 0 amide bonds. The van der Waals surface area contributed by atoms with Crippen molar-refractivity contribution in [3.05, 3.63) is 0 Å². The Bertz CT molecular complexity index is 1100. The lowest BCUT2D eigenvalue weighted by Gasteiger charge is -2.20. The summed E-state index contributed by atoms with van der Waals surface area (Å²) in [5.41, 5.74) is 5.38. The standard InChI is InChI=1S/C57H114NO9P/c1-3-5-7-9-11-13-15-17-19-20-21-22-23-24-25-26-27-28-29-30-31-32-33-34-35-36-37-39-41-43-45-47-49-56(59)67-54(52-65-68(62,63)66-53-55(58)57(60)61)51-64-50-48-46-44-42-40-38-18-16-14-12-10-8-6-4-2/h54-55H,3-53,58H2,1-2H3,(H,60,61)(H,62,63)/t54-,55+/m1/s1. The largest absolute Gasteiger partial charge is 0.480 e. The third-order valence-corrected chi connectivity index (χ3v) is 14.6. The van der Waals surface area contributed by atoms with E-state index in [9.17, 15) is 19.0 Å². The van der Waals surface area contributed by atoms with Crippen LogP contribution in [0.15, 0.2) is 0 Å². The highest BCUT2D eigenvalue weighted by Crippen LogP contribution is 2.43. The molecule has 0 bridgehead atoms. The number of carbonyl (C=O) groups is 2. The maximum atomic E-state index is 12.7. The lowest BCUT2D eigenvalue weighted by Crippen LogP contribution is -2.34. The minimum Gasteiger partial charge on any atom is -0.480 e. The highest BCUT2D eigenvalue weighted by Gasteiger charge is 2.27. The van der Waals surface area contributed by atoms with Gasteiger partial charge in [-0.2, -0.15) is 0 Å². The van der Waals surface area contributed by atoms with Gasteiger partial charge in [0.1, 0.15) is 12.1 Å². The first-order chi connectivity index (χ1) is 33.2. The van der Waals surface area contributed by atoms with Gasteiger partial charge < -0.3 is 25.2 Å². The molecule has 0 aromatic heterocycles. The molecule has 68 heavy (non-hydrogen) atoms. The van der Waals surface area contributed by atoms with Gasteiger partial charge >= 0.3 is 19.8 Å². The molecule has 10 nitrogen and oxygen atoms in total. The van der Waals surface area contributed by atoms with Crippen molar-refractivity contribution < 1.29 is 42.7 Å². The van der Waals surface area contributed by atoms with Crippen LogP contribution in [0.1, 0.15) is 316 Å². The molecule has 0 heterocycles. The zero-order valence-electron chi connectivity index (χ0n) is 45.0. The smallest absolute Gasteiger partial charge is 0.472 e. The van der Waals surface area contributed by atoms with Crippen molar-refractivity contribution in [2.45, 2.75) is 328 Å². The van der Waals surface area contributed by atoms with Crippen molar-refractivity contribution in [2.75, 3.05) is 26.4 Å². The Morgan fingerprint density at radius 1 is 0.412 bits per heavy atom. The fourth-order valence-electron chi connectivity index (χ4n) is 9.08. The Morgan fingerprint density at radius 3 is 0.971 bits per heavy atom. The molecule has 0 saturated heterocycles. The number of hydrogen-bond acceptors (Lipinski definition) is 8. The van der Waals surface area contributed by atoms with Crippen LogP contribution in [0.2, 0.25) is 0 Å². The molecule has 0 aliphatic rings. The van der Waals surface area contributed by atoms with Gasteiger partial charge in [0.2, 0.25) is 0 Å². The SMILES string of the molecule is CCCCCCCCCCCCCCCCCCCCCCCCCCCCCCCCCCC(=O)O[C@H](COCCCCCCCCCCCCCCCC)COP(=O)(O)OC[C@H](N)C(=O)O. The minimum absolute atomic E-state index is 0.0263. The van der Waals surface area contributed by atoms with Gasteiger partial charge in [-0.1, -0.05) is 296 Å². The van der Waals surface area contributed by atoms with E-state index < -0.39 is 45.1 Å². The zero-order chi connectivity index (χ0) is 49.7. The van der Waals surface area contributed by atoms with Gasteiger partial charge in [-0.05, 0) is 12.8 Å². The maximum Gasteiger partial charge on any atom is 0.472 e. The average molecular weight is 989 g/mol. The minimum atomic E-state index is -4.62. The predicted octanol–water partition coefficient (Wildman–Crippen LogP) is 17.8. The monoisotopic (exact) mass is 988 g/mol. The number of aliphatic carboxylic acids is 1. The number of carboxylic acids is 1. The predicted molar refractivity (Wildman–Crippen MR) is 286 cm³/mol. The van der Waals surface area contributed by atoms with Crippen LogP contribution in [-0.4, -0.2) is 60.5 Å². The molecule has 0 aromatic rings. The van der Waals surface area contributed by atoms with Crippen molar-refractivity contribution >= 4 is 19.8 Å². The van der Waals surface area contributed by atoms with Crippen LogP contribution in [0.5, 0.6) is 0 Å². The molecule has 3 atom stereocenters. The Kier molecular flexibility index (Phi) is 52.9. The maximum absolute atomic E-state index is 12.7. The number of rotatable bonds is 58. The number of esters is 1. The third-order valence-electron chi connectivity index (χ3n) is 13.6. The molecule has 0 spiro atoms. The Morgan fingerprint density at radius 2 is 0.676 bits per heavy atom. The number of hydrogen-bond donors (Lipinski definition) is 3. The van der Waals surface area contributed by atoms with Gasteiger partial charge in [0, 0.05) is 13.0 Å². The van der Waals surface area contributed by atoms with Gasteiger partial charge in [-0.25, -0.2) is 4.57 Å². The number of ether oxygens (including phenoxy) is 2. The van der Waals surface area contributed by atoms with E-state index in [2.05, 4.69) is 13.8 Å². The first-order valence-electron chi connectivity index (χ1n) is 29.6. The quantitative estimate of drug-likeness (QED) is 0.0305. The summed E-state index contributed by atoms with van der Waals surface area (Å²) >= 11 is 0. The number of carboxylic acid groups (broad SMARTS) is 1. The molecular formula is C57H114NO9P. The van der Waals surface area contributed by atoms with E-state index >= 15 is 0 Å². The van der Waals surface area contributed by atoms with Crippen LogP contribution in [0, 0.1) is 0 Å². The number of phosphoric acid groups is 1. The molecule has 0 aromatic carbocycles. The number of unbranched alkanes of at least 4 members (excludes halogenated alkanes) is 44. The van der Waals surface area contributed by atoms with E-state index in [1.165, 1.54) is 257 Å². The lowest BCUT2D eigenvalue weighted by atomic mass is 10.0. The topological polar surface area (TPSA) is 155 Å².